The molecule has 0 radical (unpaired) electrons. The second-order valence-electron chi connectivity index (χ2n) is 8.75. The van der Waals surface area contributed by atoms with Gasteiger partial charge in [-0.05, 0) is 54.3 Å². The van der Waals surface area contributed by atoms with Crippen molar-refractivity contribution in [2.24, 2.45) is 5.92 Å². The molecule has 0 spiro atoms. The van der Waals surface area contributed by atoms with E-state index >= 15 is 0 Å². The molecule has 2 amide bonds. The summed E-state index contributed by atoms with van der Waals surface area (Å²) in [5, 5.41) is 5.12. The molecule has 3 aromatic carbocycles. The van der Waals surface area contributed by atoms with E-state index in [0.29, 0.717) is 37.6 Å². The highest BCUT2D eigenvalue weighted by atomic mass is 16.6. The van der Waals surface area contributed by atoms with Gasteiger partial charge >= 0.3 is 0 Å². The Morgan fingerprint density at radius 1 is 1.00 bits per heavy atom. The van der Waals surface area contributed by atoms with Crippen LogP contribution < -0.4 is 14.8 Å². The second kappa shape index (κ2) is 9.14. The summed E-state index contributed by atoms with van der Waals surface area (Å²) in [6.45, 7) is 4.14. The lowest BCUT2D eigenvalue weighted by molar-refractivity contribution is -0.127. The number of hydrogen-bond donors (Lipinski definition) is 1. The smallest absolute Gasteiger partial charge is 0.254 e. The monoisotopic (exact) mass is 444 g/mol. The standard InChI is InChI=1S/C27H28N2O4/c1-18(20-11-12-24-25(16-20)33-15-14-32-24)28-26(30)21-8-5-13-29(17-21)27(31)23-10-4-7-19-6-2-3-9-22(19)23/h2-4,6-7,9-12,16,18,21H,5,8,13-15,17H2,1H3,(H,28,30). The molecule has 5 rings (SSSR count). The molecule has 33 heavy (non-hydrogen) atoms. The predicted molar refractivity (Wildman–Crippen MR) is 127 cm³/mol. The molecule has 0 saturated carbocycles. The largest absolute Gasteiger partial charge is 0.486 e. The molecule has 1 N–H and O–H groups in total. The number of piperidine rings is 1. The van der Waals surface area contributed by atoms with Crippen LogP contribution in [0.3, 0.4) is 0 Å². The zero-order valence-corrected chi connectivity index (χ0v) is 18.8. The van der Waals surface area contributed by atoms with Crippen LogP contribution in [0.25, 0.3) is 10.8 Å². The molecule has 3 aromatic rings. The SMILES string of the molecule is CC(NC(=O)C1CCCN(C(=O)c2cccc3ccccc23)C1)c1ccc2c(c1)OCCO2. The van der Waals surface area contributed by atoms with Gasteiger partial charge in [0.2, 0.25) is 5.91 Å². The van der Waals surface area contributed by atoms with Crippen molar-refractivity contribution in [2.45, 2.75) is 25.8 Å². The van der Waals surface area contributed by atoms with Gasteiger partial charge in [0, 0.05) is 18.7 Å². The zero-order valence-electron chi connectivity index (χ0n) is 18.8. The van der Waals surface area contributed by atoms with Gasteiger partial charge in [0.25, 0.3) is 5.91 Å². The Labute approximate surface area is 193 Å². The van der Waals surface area contributed by atoms with Crippen molar-refractivity contribution in [3.63, 3.8) is 0 Å². The highest BCUT2D eigenvalue weighted by Crippen LogP contribution is 2.33. The Morgan fingerprint density at radius 2 is 1.79 bits per heavy atom. The van der Waals surface area contributed by atoms with Gasteiger partial charge in [0.1, 0.15) is 13.2 Å². The number of benzene rings is 3. The van der Waals surface area contributed by atoms with E-state index in [1.54, 1.807) is 0 Å². The summed E-state index contributed by atoms with van der Waals surface area (Å²) in [5.74, 6) is 1.19. The molecular weight excluding hydrogens is 416 g/mol. The zero-order chi connectivity index (χ0) is 22.8. The first-order valence-corrected chi connectivity index (χ1v) is 11.6. The van der Waals surface area contributed by atoms with Crippen molar-refractivity contribution in [3.8, 4) is 11.5 Å². The van der Waals surface area contributed by atoms with Gasteiger partial charge in [-0.3, -0.25) is 9.59 Å². The van der Waals surface area contributed by atoms with Crippen LogP contribution in [0.1, 0.15) is 41.7 Å². The molecular formula is C27H28N2O4. The van der Waals surface area contributed by atoms with Crippen LogP contribution in [0.15, 0.2) is 60.7 Å². The van der Waals surface area contributed by atoms with Gasteiger partial charge in [-0.2, -0.15) is 0 Å². The van der Waals surface area contributed by atoms with Crippen LogP contribution in [0.4, 0.5) is 0 Å². The van der Waals surface area contributed by atoms with Gasteiger partial charge in [0.05, 0.1) is 12.0 Å². The van der Waals surface area contributed by atoms with E-state index in [9.17, 15) is 9.59 Å². The van der Waals surface area contributed by atoms with Crippen LogP contribution in [-0.4, -0.2) is 43.0 Å². The van der Waals surface area contributed by atoms with Crippen molar-refractivity contribution in [3.05, 3.63) is 71.8 Å². The Morgan fingerprint density at radius 3 is 2.67 bits per heavy atom. The molecule has 0 aliphatic carbocycles. The Kier molecular flexibility index (Phi) is 5.90. The average Bonchev–Trinajstić information content (AvgIpc) is 2.87. The van der Waals surface area contributed by atoms with Crippen LogP contribution >= 0.6 is 0 Å². The molecule has 0 aromatic heterocycles. The number of nitrogens with one attached hydrogen (secondary N) is 1. The number of carbonyl (C=O) groups is 2. The van der Waals surface area contributed by atoms with Gasteiger partial charge in [-0.15, -0.1) is 0 Å². The normalized spacial score (nSPS) is 18.6. The van der Waals surface area contributed by atoms with E-state index in [1.165, 1.54) is 0 Å². The summed E-state index contributed by atoms with van der Waals surface area (Å²) in [5.41, 5.74) is 1.66. The summed E-state index contributed by atoms with van der Waals surface area (Å²) in [6, 6.07) is 19.3. The molecule has 2 aliphatic rings. The molecule has 1 saturated heterocycles. The first-order valence-electron chi connectivity index (χ1n) is 11.6. The lowest BCUT2D eigenvalue weighted by Crippen LogP contribution is -2.45. The van der Waals surface area contributed by atoms with Crippen molar-refractivity contribution < 1.29 is 19.1 Å². The van der Waals surface area contributed by atoms with Gasteiger partial charge in [0.15, 0.2) is 11.5 Å². The number of hydrogen-bond acceptors (Lipinski definition) is 4. The second-order valence-corrected chi connectivity index (χ2v) is 8.75. The fraction of sp³-hybridized carbons (Fsp3) is 0.333. The van der Waals surface area contributed by atoms with Gasteiger partial charge < -0.3 is 19.7 Å². The summed E-state index contributed by atoms with van der Waals surface area (Å²) < 4.78 is 11.2. The Balaban J connectivity index is 1.26. The first-order chi connectivity index (χ1) is 16.1. The molecule has 2 unspecified atom stereocenters. The fourth-order valence-electron chi connectivity index (χ4n) is 4.70. The van der Waals surface area contributed by atoms with Gasteiger partial charge in [-0.1, -0.05) is 42.5 Å². The Bertz CT molecular complexity index is 1190. The van der Waals surface area contributed by atoms with Crippen LogP contribution in [0, 0.1) is 5.92 Å². The maximum atomic E-state index is 13.3. The quantitative estimate of drug-likeness (QED) is 0.650. The molecule has 0 bridgehead atoms. The first kappa shape index (κ1) is 21.3. The van der Waals surface area contributed by atoms with Crippen molar-refractivity contribution >= 4 is 22.6 Å². The maximum absolute atomic E-state index is 13.3. The van der Waals surface area contributed by atoms with Crippen molar-refractivity contribution in [2.75, 3.05) is 26.3 Å². The number of amides is 2. The molecule has 6 nitrogen and oxygen atoms in total. The minimum Gasteiger partial charge on any atom is -0.486 e. The third-order valence-electron chi connectivity index (χ3n) is 6.52. The third-order valence-corrected chi connectivity index (χ3v) is 6.52. The van der Waals surface area contributed by atoms with Crippen LogP contribution in [-0.2, 0) is 4.79 Å². The fourth-order valence-corrected chi connectivity index (χ4v) is 4.70. The third kappa shape index (κ3) is 4.38. The molecule has 2 heterocycles. The number of ether oxygens (including phenoxy) is 2. The van der Waals surface area contributed by atoms with E-state index in [0.717, 1.165) is 34.9 Å². The van der Waals surface area contributed by atoms with Crippen molar-refractivity contribution in [1.82, 2.24) is 10.2 Å². The topological polar surface area (TPSA) is 67.9 Å². The molecule has 2 atom stereocenters. The highest BCUT2D eigenvalue weighted by Gasteiger charge is 2.30. The average molecular weight is 445 g/mol. The summed E-state index contributed by atoms with van der Waals surface area (Å²) in [4.78, 5) is 28.2. The van der Waals surface area contributed by atoms with E-state index in [2.05, 4.69) is 5.32 Å². The number of rotatable bonds is 4. The Hall–Kier alpha value is -3.54. The number of fused-ring (bicyclic) bond motifs is 2. The molecule has 1 fully saturated rings. The number of likely N-dealkylation sites (tertiary alicyclic amines) is 1. The summed E-state index contributed by atoms with van der Waals surface area (Å²) in [6.07, 6.45) is 1.59. The lowest BCUT2D eigenvalue weighted by Gasteiger charge is -2.33. The molecule has 2 aliphatic heterocycles. The minimum absolute atomic E-state index is 0.0100. The predicted octanol–water partition coefficient (Wildman–Crippen LogP) is 4.34. The lowest BCUT2D eigenvalue weighted by atomic mass is 9.95. The number of nitrogens with zero attached hydrogens (tertiary/aromatic N) is 1. The van der Waals surface area contributed by atoms with E-state index in [1.807, 2.05) is 72.5 Å². The minimum atomic E-state index is -0.225. The highest BCUT2D eigenvalue weighted by molar-refractivity contribution is 6.07. The van der Waals surface area contributed by atoms with E-state index in [4.69, 9.17) is 9.47 Å². The molecule has 170 valence electrons. The van der Waals surface area contributed by atoms with Gasteiger partial charge in [-0.25, -0.2) is 0 Å². The summed E-state index contributed by atoms with van der Waals surface area (Å²) >= 11 is 0. The van der Waals surface area contributed by atoms with Crippen LogP contribution in [0.5, 0.6) is 11.5 Å². The van der Waals surface area contributed by atoms with Crippen LogP contribution in [0.2, 0.25) is 0 Å². The van der Waals surface area contributed by atoms with Crippen molar-refractivity contribution in [1.29, 1.82) is 0 Å². The molecule has 6 heteroatoms. The number of carbonyl (C=O) groups excluding carboxylic acids is 2. The van der Waals surface area contributed by atoms with E-state index in [-0.39, 0.29) is 23.8 Å². The van der Waals surface area contributed by atoms with E-state index < -0.39 is 0 Å². The maximum Gasteiger partial charge on any atom is 0.254 e. The summed E-state index contributed by atoms with van der Waals surface area (Å²) in [7, 11) is 0.